The highest BCUT2D eigenvalue weighted by molar-refractivity contribution is 6.30. The lowest BCUT2D eigenvalue weighted by molar-refractivity contribution is -0.123. The van der Waals surface area contributed by atoms with Gasteiger partial charge in [0.1, 0.15) is 0 Å². The summed E-state index contributed by atoms with van der Waals surface area (Å²) in [6, 6.07) is 7.41. The highest BCUT2D eigenvalue weighted by Gasteiger charge is 2.45. The Morgan fingerprint density at radius 3 is 2.75 bits per heavy atom. The first kappa shape index (κ1) is 13.3. The van der Waals surface area contributed by atoms with Gasteiger partial charge in [0.15, 0.2) is 0 Å². The third-order valence-corrected chi connectivity index (χ3v) is 2.82. The van der Waals surface area contributed by atoms with E-state index in [4.69, 9.17) is 17.3 Å². The van der Waals surface area contributed by atoms with Crippen molar-refractivity contribution in [2.75, 3.05) is 0 Å². The van der Waals surface area contributed by atoms with Gasteiger partial charge in [0.2, 0.25) is 5.91 Å². The molecule has 1 amide bonds. The number of carbonyl (C=O) groups excluding carboxylic acids is 1. The van der Waals surface area contributed by atoms with E-state index in [1.807, 2.05) is 18.2 Å². The molecule has 1 aliphatic carbocycles. The molecule has 1 saturated carbocycles. The summed E-state index contributed by atoms with van der Waals surface area (Å²) >= 11 is 5.83. The van der Waals surface area contributed by atoms with Crippen molar-refractivity contribution in [2.24, 2.45) is 5.73 Å². The van der Waals surface area contributed by atoms with Crippen LogP contribution in [0.15, 0.2) is 24.3 Å². The van der Waals surface area contributed by atoms with Crippen LogP contribution >= 0.6 is 24.0 Å². The molecule has 0 saturated heterocycles. The molecule has 0 unspecified atom stereocenters. The van der Waals surface area contributed by atoms with Gasteiger partial charge in [-0.3, -0.25) is 4.79 Å². The molecule has 0 radical (unpaired) electrons. The van der Waals surface area contributed by atoms with E-state index in [9.17, 15) is 4.79 Å². The first-order valence-electron chi connectivity index (χ1n) is 4.92. The van der Waals surface area contributed by atoms with Crippen molar-refractivity contribution in [3.05, 3.63) is 34.9 Å². The van der Waals surface area contributed by atoms with Crippen molar-refractivity contribution in [1.82, 2.24) is 5.32 Å². The van der Waals surface area contributed by atoms with E-state index in [0.717, 1.165) is 18.4 Å². The largest absolute Gasteiger partial charge is 0.350 e. The zero-order chi connectivity index (χ0) is 10.9. The van der Waals surface area contributed by atoms with Gasteiger partial charge >= 0.3 is 0 Å². The van der Waals surface area contributed by atoms with Crippen LogP contribution in [-0.2, 0) is 11.3 Å². The molecule has 1 aromatic carbocycles. The quantitative estimate of drug-likeness (QED) is 0.872. The lowest BCUT2D eigenvalue weighted by Crippen LogP contribution is -2.42. The Bertz CT molecular complexity index is 391. The molecular formula is C11H14Cl2N2O. The molecule has 3 nitrogen and oxygen atoms in total. The Hall–Kier alpha value is -0.770. The summed E-state index contributed by atoms with van der Waals surface area (Å²) in [5.41, 5.74) is 6.13. The first-order valence-corrected chi connectivity index (χ1v) is 5.30. The van der Waals surface area contributed by atoms with E-state index in [1.165, 1.54) is 0 Å². The van der Waals surface area contributed by atoms with Crippen LogP contribution in [0.4, 0.5) is 0 Å². The Morgan fingerprint density at radius 1 is 1.50 bits per heavy atom. The topological polar surface area (TPSA) is 55.1 Å². The molecule has 0 aliphatic heterocycles. The van der Waals surface area contributed by atoms with E-state index in [2.05, 4.69) is 5.32 Å². The van der Waals surface area contributed by atoms with Crippen LogP contribution in [0.2, 0.25) is 5.02 Å². The molecule has 5 heteroatoms. The van der Waals surface area contributed by atoms with Gasteiger partial charge in [-0.05, 0) is 30.5 Å². The average molecular weight is 261 g/mol. The van der Waals surface area contributed by atoms with Crippen molar-refractivity contribution < 1.29 is 4.79 Å². The Balaban J connectivity index is 0.00000128. The Kier molecular flexibility index (Phi) is 4.19. The van der Waals surface area contributed by atoms with E-state index >= 15 is 0 Å². The van der Waals surface area contributed by atoms with Gasteiger partial charge in [0.05, 0.1) is 5.54 Å². The standard InChI is InChI=1S/C11H13ClN2O.ClH/c12-9-3-1-2-8(6-9)7-14-10(15)11(13)4-5-11;/h1-3,6H,4-5,7,13H2,(H,14,15);1H. The molecule has 2 rings (SSSR count). The van der Waals surface area contributed by atoms with Crippen LogP contribution in [0.25, 0.3) is 0 Å². The lowest BCUT2D eigenvalue weighted by atomic mass is 10.2. The van der Waals surface area contributed by atoms with Gasteiger partial charge in [-0.25, -0.2) is 0 Å². The van der Waals surface area contributed by atoms with Crippen molar-refractivity contribution in [3.63, 3.8) is 0 Å². The van der Waals surface area contributed by atoms with Crippen LogP contribution < -0.4 is 11.1 Å². The predicted molar refractivity (Wildman–Crippen MR) is 66.7 cm³/mol. The van der Waals surface area contributed by atoms with E-state index < -0.39 is 5.54 Å². The third kappa shape index (κ3) is 3.11. The summed E-state index contributed by atoms with van der Waals surface area (Å²) in [4.78, 5) is 11.5. The fourth-order valence-corrected chi connectivity index (χ4v) is 1.58. The van der Waals surface area contributed by atoms with Crippen molar-refractivity contribution >= 4 is 29.9 Å². The average Bonchev–Trinajstić information content (AvgIpc) is 2.94. The van der Waals surface area contributed by atoms with E-state index in [1.54, 1.807) is 6.07 Å². The van der Waals surface area contributed by atoms with Crippen LogP contribution in [0, 0.1) is 0 Å². The van der Waals surface area contributed by atoms with Crippen LogP contribution in [-0.4, -0.2) is 11.4 Å². The SMILES string of the molecule is Cl.NC1(C(=O)NCc2cccc(Cl)c2)CC1. The van der Waals surface area contributed by atoms with Crippen LogP contribution in [0.5, 0.6) is 0 Å². The van der Waals surface area contributed by atoms with Gasteiger partial charge in [0, 0.05) is 11.6 Å². The number of halogens is 2. The molecule has 1 fully saturated rings. The summed E-state index contributed by atoms with van der Waals surface area (Å²) < 4.78 is 0. The first-order chi connectivity index (χ1) is 7.10. The third-order valence-electron chi connectivity index (χ3n) is 2.58. The highest BCUT2D eigenvalue weighted by Crippen LogP contribution is 2.32. The Labute approximate surface area is 106 Å². The summed E-state index contributed by atoms with van der Waals surface area (Å²) in [6.45, 7) is 0.484. The second-order valence-corrected chi connectivity index (χ2v) is 4.41. The van der Waals surface area contributed by atoms with E-state index in [0.29, 0.717) is 11.6 Å². The summed E-state index contributed by atoms with van der Waals surface area (Å²) in [6.07, 6.45) is 1.57. The molecule has 16 heavy (non-hydrogen) atoms. The van der Waals surface area contributed by atoms with Gasteiger partial charge in [0.25, 0.3) is 0 Å². The molecule has 0 bridgehead atoms. The number of benzene rings is 1. The van der Waals surface area contributed by atoms with Crippen molar-refractivity contribution in [1.29, 1.82) is 0 Å². The molecule has 1 aromatic rings. The number of nitrogens with two attached hydrogens (primary N) is 1. The number of rotatable bonds is 3. The number of carbonyl (C=O) groups is 1. The summed E-state index contributed by atoms with van der Waals surface area (Å²) in [5.74, 6) is -0.0672. The second kappa shape index (κ2) is 5.04. The van der Waals surface area contributed by atoms with Crippen molar-refractivity contribution in [2.45, 2.75) is 24.9 Å². The van der Waals surface area contributed by atoms with E-state index in [-0.39, 0.29) is 18.3 Å². The minimum atomic E-state index is -0.599. The molecule has 3 N–H and O–H groups in total. The van der Waals surface area contributed by atoms with Gasteiger partial charge in [-0.2, -0.15) is 0 Å². The molecule has 0 spiro atoms. The van der Waals surface area contributed by atoms with Gasteiger partial charge < -0.3 is 11.1 Å². The van der Waals surface area contributed by atoms with Crippen LogP contribution in [0.1, 0.15) is 18.4 Å². The molecule has 0 atom stereocenters. The van der Waals surface area contributed by atoms with Crippen molar-refractivity contribution in [3.8, 4) is 0 Å². The Morgan fingerprint density at radius 2 is 2.19 bits per heavy atom. The monoisotopic (exact) mass is 260 g/mol. The number of hydrogen-bond acceptors (Lipinski definition) is 2. The number of nitrogens with one attached hydrogen (secondary N) is 1. The maximum absolute atomic E-state index is 11.5. The normalized spacial score (nSPS) is 16.1. The van der Waals surface area contributed by atoms with Gasteiger partial charge in [-0.1, -0.05) is 23.7 Å². The molecule has 1 aliphatic rings. The maximum Gasteiger partial charge on any atom is 0.240 e. The minimum absolute atomic E-state index is 0. The molecule has 0 heterocycles. The number of hydrogen-bond donors (Lipinski definition) is 2. The lowest BCUT2D eigenvalue weighted by Gasteiger charge is -2.09. The highest BCUT2D eigenvalue weighted by atomic mass is 35.5. The zero-order valence-electron chi connectivity index (χ0n) is 8.70. The second-order valence-electron chi connectivity index (χ2n) is 3.97. The minimum Gasteiger partial charge on any atom is -0.350 e. The molecule has 0 aromatic heterocycles. The summed E-state index contributed by atoms with van der Waals surface area (Å²) in [5, 5.41) is 3.48. The maximum atomic E-state index is 11.5. The summed E-state index contributed by atoms with van der Waals surface area (Å²) in [7, 11) is 0. The number of amides is 1. The smallest absolute Gasteiger partial charge is 0.240 e. The molecule has 88 valence electrons. The van der Waals surface area contributed by atoms with Crippen LogP contribution in [0.3, 0.4) is 0 Å². The molecular weight excluding hydrogens is 247 g/mol. The fraction of sp³-hybridized carbons (Fsp3) is 0.364. The predicted octanol–water partition coefficient (Wildman–Crippen LogP) is 1.87. The fourth-order valence-electron chi connectivity index (χ4n) is 1.37. The van der Waals surface area contributed by atoms with Gasteiger partial charge in [-0.15, -0.1) is 12.4 Å². The zero-order valence-corrected chi connectivity index (χ0v) is 10.3.